The Morgan fingerprint density at radius 3 is 2.33 bits per heavy atom. The van der Waals surface area contributed by atoms with Gasteiger partial charge in [-0.15, -0.1) is 0 Å². The van der Waals surface area contributed by atoms with Crippen LogP contribution in [0.3, 0.4) is 0 Å². The summed E-state index contributed by atoms with van der Waals surface area (Å²) in [5.74, 6) is 0.966. The third-order valence-corrected chi connectivity index (χ3v) is 6.48. The van der Waals surface area contributed by atoms with E-state index in [1.807, 2.05) is 0 Å². The van der Waals surface area contributed by atoms with Gasteiger partial charge in [0, 0.05) is 6.61 Å². The zero-order valence-corrected chi connectivity index (χ0v) is 16.5. The van der Waals surface area contributed by atoms with Gasteiger partial charge in [0.05, 0.1) is 6.10 Å². The molecule has 0 spiro atoms. The van der Waals surface area contributed by atoms with Crippen LogP contribution in [-0.4, -0.2) is 12.7 Å². The molecule has 2 saturated carbocycles. The molecule has 27 heavy (non-hydrogen) atoms. The van der Waals surface area contributed by atoms with Gasteiger partial charge >= 0.3 is 0 Å². The summed E-state index contributed by atoms with van der Waals surface area (Å²) in [6, 6.07) is 10.8. The number of rotatable bonds is 6. The normalized spacial score (nSPS) is 29.3. The maximum atomic E-state index is 13.1. The fraction of sp³-hybridized carbons (Fsp3) is 0.625. The first-order chi connectivity index (χ1) is 13.2. The molecule has 2 aliphatic carbocycles. The number of hydrogen-bond donors (Lipinski definition) is 0. The van der Waals surface area contributed by atoms with Gasteiger partial charge in [-0.2, -0.15) is 9.65 Å². The summed E-state index contributed by atoms with van der Waals surface area (Å²) < 4.78 is 19.3. The van der Waals surface area contributed by atoms with Gasteiger partial charge in [-0.05, 0) is 92.7 Å². The number of hydrogen-bond acceptors (Lipinski definition) is 2. The lowest BCUT2D eigenvalue weighted by Gasteiger charge is -2.32. The van der Waals surface area contributed by atoms with Crippen LogP contribution in [0.4, 0.5) is 4.39 Å². The first-order valence-electron chi connectivity index (χ1n) is 10.7. The van der Waals surface area contributed by atoms with Crippen LogP contribution in [0.25, 0.3) is 0 Å². The maximum Gasteiger partial charge on any atom is 0.196 e. The Kier molecular flexibility index (Phi) is 7.47. The molecule has 0 aliphatic heterocycles. The highest BCUT2D eigenvalue weighted by molar-refractivity contribution is 5.25. The summed E-state index contributed by atoms with van der Waals surface area (Å²) in [5.41, 5.74) is 2.92. The van der Waals surface area contributed by atoms with Crippen molar-refractivity contribution in [3.63, 3.8) is 0 Å². The summed E-state index contributed by atoms with van der Waals surface area (Å²) in [4.78, 5) is 0. The second-order valence-electron chi connectivity index (χ2n) is 8.31. The summed E-state index contributed by atoms with van der Waals surface area (Å²) in [6.07, 6.45) is 11.8. The minimum absolute atomic E-state index is 0.207. The van der Waals surface area contributed by atoms with E-state index in [0.717, 1.165) is 38.7 Å². The SMILES string of the molecule is CCc1ccc([C@H]2CC[C@H](CO[C@H]3CC[C@H](C=C(F)C#N)CC3)CC2)cc1. The predicted octanol–water partition coefficient (Wildman–Crippen LogP) is 6.48. The average Bonchev–Trinajstić information content (AvgIpc) is 2.73. The Bertz CT molecular complexity index is 644. The van der Waals surface area contributed by atoms with Crippen molar-refractivity contribution in [1.29, 1.82) is 5.26 Å². The van der Waals surface area contributed by atoms with Crippen LogP contribution in [0, 0.1) is 23.2 Å². The second-order valence-corrected chi connectivity index (χ2v) is 8.31. The first-order valence-corrected chi connectivity index (χ1v) is 10.7. The highest BCUT2D eigenvalue weighted by atomic mass is 19.1. The van der Waals surface area contributed by atoms with Gasteiger partial charge < -0.3 is 4.74 Å². The van der Waals surface area contributed by atoms with Gasteiger partial charge in [0.15, 0.2) is 5.83 Å². The van der Waals surface area contributed by atoms with E-state index in [-0.39, 0.29) is 5.92 Å². The number of nitriles is 1. The van der Waals surface area contributed by atoms with Crippen molar-refractivity contribution in [3.05, 3.63) is 47.3 Å². The smallest absolute Gasteiger partial charge is 0.196 e. The topological polar surface area (TPSA) is 33.0 Å². The summed E-state index contributed by atoms with van der Waals surface area (Å²) in [7, 11) is 0. The van der Waals surface area contributed by atoms with Crippen molar-refractivity contribution < 1.29 is 9.13 Å². The fourth-order valence-corrected chi connectivity index (χ4v) is 4.63. The van der Waals surface area contributed by atoms with Crippen LogP contribution in [0.2, 0.25) is 0 Å². The molecule has 0 N–H and O–H groups in total. The van der Waals surface area contributed by atoms with Gasteiger partial charge in [-0.1, -0.05) is 31.2 Å². The number of allylic oxidation sites excluding steroid dienone is 2. The van der Waals surface area contributed by atoms with E-state index in [1.165, 1.54) is 42.9 Å². The van der Waals surface area contributed by atoms with Crippen molar-refractivity contribution >= 4 is 0 Å². The van der Waals surface area contributed by atoms with E-state index >= 15 is 0 Å². The predicted molar refractivity (Wildman–Crippen MR) is 107 cm³/mol. The standard InChI is InChI=1S/C24H32FNO/c1-2-18-3-9-21(10-4-18)22-11-5-20(6-12-22)17-27-24-13-7-19(8-14-24)15-23(25)16-26/h3-4,9-10,15,19-20,22,24H,2,5-8,11-14,17H2,1H3/t19-,20-,22-,24-. The molecule has 0 unspecified atom stereocenters. The van der Waals surface area contributed by atoms with Crippen LogP contribution in [0.1, 0.15) is 75.3 Å². The van der Waals surface area contributed by atoms with Crippen LogP contribution in [0.15, 0.2) is 36.2 Å². The van der Waals surface area contributed by atoms with Crippen molar-refractivity contribution in [3.8, 4) is 6.07 Å². The number of aryl methyl sites for hydroxylation is 1. The molecule has 3 heteroatoms. The highest BCUT2D eigenvalue weighted by Gasteiger charge is 2.25. The molecule has 0 atom stereocenters. The molecule has 0 aromatic heterocycles. The molecule has 0 saturated heterocycles. The number of halogens is 1. The van der Waals surface area contributed by atoms with Crippen molar-refractivity contribution in [2.45, 2.75) is 76.7 Å². The Morgan fingerprint density at radius 2 is 1.74 bits per heavy atom. The first kappa shape index (κ1) is 20.1. The molecule has 2 nitrogen and oxygen atoms in total. The molecule has 1 aromatic carbocycles. The minimum atomic E-state index is -0.638. The van der Waals surface area contributed by atoms with Crippen LogP contribution < -0.4 is 0 Å². The van der Waals surface area contributed by atoms with E-state index in [0.29, 0.717) is 17.9 Å². The molecule has 0 amide bonds. The van der Waals surface area contributed by atoms with Crippen molar-refractivity contribution in [2.75, 3.05) is 6.61 Å². The molecule has 0 heterocycles. The van der Waals surface area contributed by atoms with Gasteiger partial charge in [0.1, 0.15) is 6.07 Å². The summed E-state index contributed by atoms with van der Waals surface area (Å²) >= 11 is 0. The quantitative estimate of drug-likeness (QED) is 0.538. The zero-order chi connectivity index (χ0) is 19.1. The lowest BCUT2D eigenvalue weighted by Crippen LogP contribution is -2.25. The lowest BCUT2D eigenvalue weighted by atomic mass is 9.79. The van der Waals surface area contributed by atoms with E-state index in [9.17, 15) is 4.39 Å². The van der Waals surface area contributed by atoms with E-state index in [2.05, 4.69) is 31.2 Å². The van der Waals surface area contributed by atoms with Gasteiger partial charge in [-0.3, -0.25) is 0 Å². The molecule has 1 aromatic rings. The molecular weight excluding hydrogens is 337 g/mol. The second kappa shape index (κ2) is 10.0. The number of ether oxygens (including phenoxy) is 1. The third-order valence-electron chi connectivity index (χ3n) is 6.48. The van der Waals surface area contributed by atoms with Crippen LogP contribution in [0.5, 0.6) is 0 Å². The molecule has 2 aliphatic rings. The van der Waals surface area contributed by atoms with Gasteiger partial charge in [-0.25, -0.2) is 0 Å². The lowest BCUT2D eigenvalue weighted by molar-refractivity contribution is -0.00465. The zero-order valence-electron chi connectivity index (χ0n) is 16.5. The molecule has 0 radical (unpaired) electrons. The third kappa shape index (κ3) is 5.91. The Balaban J connectivity index is 1.36. The largest absolute Gasteiger partial charge is 0.378 e. The van der Waals surface area contributed by atoms with Crippen molar-refractivity contribution in [2.24, 2.45) is 11.8 Å². The van der Waals surface area contributed by atoms with Gasteiger partial charge in [0.25, 0.3) is 0 Å². The van der Waals surface area contributed by atoms with Crippen molar-refractivity contribution in [1.82, 2.24) is 0 Å². The summed E-state index contributed by atoms with van der Waals surface area (Å²) in [6.45, 7) is 3.08. The highest BCUT2D eigenvalue weighted by Crippen LogP contribution is 2.36. The molecular formula is C24H32FNO. The maximum absolute atomic E-state index is 13.1. The van der Waals surface area contributed by atoms with E-state index < -0.39 is 5.83 Å². The average molecular weight is 370 g/mol. The van der Waals surface area contributed by atoms with Gasteiger partial charge in [0.2, 0.25) is 0 Å². The molecule has 2 fully saturated rings. The van der Waals surface area contributed by atoms with E-state index in [1.54, 1.807) is 6.07 Å². The van der Waals surface area contributed by atoms with E-state index in [4.69, 9.17) is 10.00 Å². The summed E-state index contributed by atoms with van der Waals surface area (Å²) in [5, 5.41) is 8.54. The monoisotopic (exact) mass is 369 g/mol. The number of benzene rings is 1. The molecule has 146 valence electrons. The van der Waals surface area contributed by atoms with Crippen LogP contribution >= 0.6 is 0 Å². The fourth-order valence-electron chi connectivity index (χ4n) is 4.63. The Morgan fingerprint density at radius 1 is 1.07 bits per heavy atom. The molecule has 3 rings (SSSR count). The number of nitrogens with zero attached hydrogens (tertiary/aromatic N) is 1. The Labute approximate surface area is 163 Å². The minimum Gasteiger partial charge on any atom is -0.378 e. The van der Waals surface area contributed by atoms with Crippen LogP contribution in [-0.2, 0) is 11.2 Å². The molecule has 0 bridgehead atoms. The Hall–Kier alpha value is -1.66.